The number of carbonyl (C=O) groups is 1. The fraction of sp³-hybridized carbons (Fsp3) is 0.412. The highest BCUT2D eigenvalue weighted by Gasteiger charge is 2.24. The van der Waals surface area contributed by atoms with Gasteiger partial charge in [-0.05, 0) is 44.1 Å². The van der Waals surface area contributed by atoms with E-state index in [9.17, 15) is 4.79 Å². The van der Waals surface area contributed by atoms with Crippen molar-refractivity contribution < 1.29 is 19.4 Å². The molecule has 0 unspecified atom stereocenters. The highest BCUT2D eigenvalue weighted by Crippen LogP contribution is 2.36. The van der Waals surface area contributed by atoms with Gasteiger partial charge in [-0.25, -0.2) is 4.98 Å². The van der Waals surface area contributed by atoms with Crippen LogP contribution in [0.5, 0.6) is 11.5 Å². The molecule has 126 valence electrons. The van der Waals surface area contributed by atoms with Crippen LogP contribution in [0.1, 0.15) is 18.5 Å². The molecule has 0 atom stereocenters. The van der Waals surface area contributed by atoms with Gasteiger partial charge in [0.15, 0.2) is 11.5 Å². The van der Waals surface area contributed by atoms with Gasteiger partial charge in [0, 0.05) is 17.5 Å². The second-order valence-corrected chi connectivity index (χ2v) is 6.96. The van der Waals surface area contributed by atoms with E-state index in [0.29, 0.717) is 12.8 Å². The molecular formula is C17H18N2O4S. The molecule has 1 saturated heterocycles. The quantitative estimate of drug-likeness (QED) is 0.918. The van der Waals surface area contributed by atoms with Crippen LogP contribution in [0, 0.1) is 5.92 Å². The monoisotopic (exact) mass is 346 g/mol. The Morgan fingerprint density at radius 2 is 2.08 bits per heavy atom. The van der Waals surface area contributed by atoms with Crippen molar-refractivity contribution in [1.29, 1.82) is 0 Å². The van der Waals surface area contributed by atoms with E-state index in [4.69, 9.17) is 19.6 Å². The van der Waals surface area contributed by atoms with Gasteiger partial charge in [0.2, 0.25) is 6.79 Å². The van der Waals surface area contributed by atoms with Crippen LogP contribution in [0.25, 0.3) is 10.6 Å². The molecule has 4 rings (SSSR count). The van der Waals surface area contributed by atoms with Crippen LogP contribution >= 0.6 is 11.3 Å². The van der Waals surface area contributed by atoms with E-state index in [1.807, 2.05) is 18.2 Å². The third-order valence-corrected chi connectivity index (χ3v) is 5.43. The van der Waals surface area contributed by atoms with Crippen molar-refractivity contribution in [1.82, 2.24) is 9.88 Å². The molecule has 2 aliphatic heterocycles. The number of aliphatic carboxylic acids is 1. The van der Waals surface area contributed by atoms with Gasteiger partial charge in [-0.15, -0.1) is 11.3 Å². The predicted octanol–water partition coefficient (Wildman–Crippen LogP) is 2.84. The Kier molecular flexibility index (Phi) is 4.12. The number of hydrogen-bond acceptors (Lipinski definition) is 6. The number of aromatic nitrogens is 1. The number of ether oxygens (including phenoxy) is 2. The summed E-state index contributed by atoms with van der Waals surface area (Å²) in [5, 5.41) is 12.1. The van der Waals surface area contributed by atoms with Crippen LogP contribution in [0.2, 0.25) is 0 Å². The van der Waals surface area contributed by atoms with E-state index in [1.165, 1.54) is 0 Å². The summed E-state index contributed by atoms with van der Waals surface area (Å²) in [7, 11) is 0. The molecule has 0 spiro atoms. The molecule has 6 nitrogen and oxygen atoms in total. The summed E-state index contributed by atoms with van der Waals surface area (Å²) in [5.41, 5.74) is 2.06. The maximum absolute atomic E-state index is 11.0. The first-order valence-electron chi connectivity index (χ1n) is 7.98. The summed E-state index contributed by atoms with van der Waals surface area (Å²) in [5.74, 6) is 0.672. The molecule has 24 heavy (non-hydrogen) atoms. The van der Waals surface area contributed by atoms with Crippen molar-refractivity contribution in [3.63, 3.8) is 0 Å². The van der Waals surface area contributed by atoms with Crippen LogP contribution in [-0.4, -0.2) is 40.8 Å². The minimum absolute atomic E-state index is 0.194. The largest absolute Gasteiger partial charge is 0.481 e. The minimum Gasteiger partial charge on any atom is -0.481 e. The Bertz CT molecular complexity index is 753. The normalized spacial score (nSPS) is 18.0. The second kappa shape index (κ2) is 6.41. The Balaban J connectivity index is 1.41. The SMILES string of the molecule is O=C(O)C1CCN(Cc2csc(-c3ccc4c(c3)OCO4)n2)CC1. The van der Waals surface area contributed by atoms with Gasteiger partial charge in [0.1, 0.15) is 5.01 Å². The molecule has 0 bridgehead atoms. The number of likely N-dealkylation sites (tertiary alicyclic amines) is 1. The van der Waals surface area contributed by atoms with E-state index in [2.05, 4.69) is 10.3 Å². The average Bonchev–Trinajstić information content (AvgIpc) is 3.23. The summed E-state index contributed by atoms with van der Waals surface area (Å²) < 4.78 is 10.7. The third-order valence-electron chi connectivity index (χ3n) is 4.49. The van der Waals surface area contributed by atoms with Gasteiger partial charge in [-0.1, -0.05) is 0 Å². The number of piperidine rings is 1. The van der Waals surface area contributed by atoms with Crippen molar-refractivity contribution in [3.05, 3.63) is 29.3 Å². The van der Waals surface area contributed by atoms with Crippen LogP contribution in [0.4, 0.5) is 0 Å². The number of rotatable bonds is 4. The Morgan fingerprint density at radius 3 is 2.88 bits per heavy atom. The van der Waals surface area contributed by atoms with Crippen LogP contribution in [0.15, 0.2) is 23.6 Å². The molecule has 7 heteroatoms. The van der Waals surface area contributed by atoms with Gasteiger partial charge >= 0.3 is 5.97 Å². The number of hydrogen-bond donors (Lipinski definition) is 1. The van der Waals surface area contributed by atoms with E-state index in [-0.39, 0.29) is 12.7 Å². The van der Waals surface area contributed by atoms with E-state index in [0.717, 1.165) is 47.4 Å². The van der Waals surface area contributed by atoms with Crippen molar-refractivity contribution in [2.45, 2.75) is 19.4 Å². The summed E-state index contributed by atoms with van der Waals surface area (Å²) in [6.45, 7) is 2.67. The fourth-order valence-corrected chi connectivity index (χ4v) is 3.92. The summed E-state index contributed by atoms with van der Waals surface area (Å²) >= 11 is 1.61. The lowest BCUT2D eigenvalue weighted by Crippen LogP contribution is -2.35. The topological polar surface area (TPSA) is 71.9 Å². The molecule has 1 fully saturated rings. The molecule has 0 radical (unpaired) electrons. The van der Waals surface area contributed by atoms with Crippen LogP contribution in [-0.2, 0) is 11.3 Å². The fourth-order valence-electron chi connectivity index (χ4n) is 3.11. The lowest BCUT2D eigenvalue weighted by Gasteiger charge is -2.29. The first-order valence-corrected chi connectivity index (χ1v) is 8.86. The van der Waals surface area contributed by atoms with Gasteiger partial charge in [-0.3, -0.25) is 9.69 Å². The first kappa shape index (κ1) is 15.4. The lowest BCUT2D eigenvalue weighted by molar-refractivity contribution is -0.143. The Labute approximate surface area is 143 Å². The number of thiazole rings is 1. The number of fused-ring (bicyclic) bond motifs is 1. The zero-order valence-corrected chi connectivity index (χ0v) is 13.9. The Hall–Kier alpha value is -2.12. The first-order chi connectivity index (χ1) is 11.7. The number of carboxylic acids is 1. The predicted molar refractivity (Wildman–Crippen MR) is 89.3 cm³/mol. The van der Waals surface area contributed by atoms with E-state index in [1.54, 1.807) is 11.3 Å². The highest BCUT2D eigenvalue weighted by atomic mass is 32.1. The van der Waals surface area contributed by atoms with Crippen molar-refractivity contribution in [3.8, 4) is 22.1 Å². The smallest absolute Gasteiger partial charge is 0.306 e. The molecule has 1 aromatic heterocycles. The Morgan fingerprint density at radius 1 is 1.29 bits per heavy atom. The molecule has 0 aliphatic carbocycles. The summed E-state index contributed by atoms with van der Waals surface area (Å²) in [6, 6.07) is 5.87. The average molecular weight is 346 g/mol. The van der Waals surface area contributed by atoms with E-state index >= 15 is 0 Å². The van der Waals surface area contributed by atoms with Crippen molar-refractivity contribution in [2.75, 3.05) is 19.9 Å². The minimum atomic E-state index is -0.673. The van der Waals surface area contributed by atoms with Gasteiger partial charge < -0.3 is 14.6 Å². The molecule has 0 saturated carbocycles. The molecule has 1 aromatic carbocycles. The molecule has 0 amide bonds. The molecule has 2 aliphatic rings. The van der Waals surface area contributed by atoms with Gasteiger partial charge in [0.05, 0.1) is 11.6 Å². The molecule has 2 aromatic rings. The van der Waals surface area contributed by atoms with E-state index < -0.39 is 5.97 Å². The van der Waals surface area contributed by atoms with Crippen molar-refractivity contribution in [2.24, 2.45) is 5.92 Å². The zero-order chi connectivity index (χ0) is 16.5. The molecule has 1 N–H and O–H groups in total. The summed E-state index contributed by atoms with van der Waals surface area (Å²) in [6.07, 6.45) is 1.43. The van der Waals surface area contributed by atoms with Crippen LogP contribution in [0.3, 0.4) is 0 Å². The van der Waals surface area contributed by atoms with Crippen molar-refractivity contribution >= 4 is 17.3 Å². The molecule has 3 heterocycles. The van der Waals surface area contributed by atoms with Crippen LogP contribution < -0.4 is 9.47 Å². The summed E-state index contributed by atoms with van der Waals surface area (Å²) in [4.78, 5) is 18.0. The standard InChI is InChI=1S/C17H18N2O4S/c20-17(21)11-3-5-19(6-4-11)8-13-9-24-16(18-13)12-1-2-14-15(7-12)23-10-22-14/h1-2,7,9,11H,3-6,8,10H2,(H,20,21). The lowest BCUT2D eigenvalue weighted by atomic mass is 9.97. The number of benzene rings is 1. The van der Waals surface area contributed by atoms with Gasteiger partial charge in [-0.2, -0.15) is 0 Å². The molecular weight excluding hydrogens is 328 g/mol. The maximum atomic E-state index is 11.0. The number of carboxylic acid groups (broad SMARTS) is 1. The number of nitrogens with zero attached hydrogens (tertiary/aromatic N) is 2. The highest BCUT2D eigenvalue weighted by molar-refractivity contribution is 7.13. The maximum Gasteiger partial charge on any atom is 0.306 e. The van der Waals surface area contributed by atoms with Gasteiger partial charge in [0.25, 0.3) is 0 Å². The second-order valence-electron chi connectivity index (χ2n) is 6.10. The third kappa shape index (κ3) is 3.09. The zero-order valence-electron chi connectivity index (χ0n) is 13.1.